The van der Waals surface area contributed by atoms with Crippen molar-refractivity contribution in [2.24, 2.45) is 0 Å². The Morgan fingerprint density at radius 1 is 1.00 bits per heavy atom. The van der Waals surface area contributed by atoms with E-state index < -0.39 is 5.63 Å². The molecular weight excluding hydrogens is 458 g/mol. The van der Waals surface area contributed by atoms with Crippen LogP contribution < -0.4 is 25.3 Å². The van der Waals surface area contributed by atoms with E-state index >= 15 is 0 Å². The Hall–Kier alpha value is -3.52. The first-order valence-electron chi connectivity index (χ1n) is 12.5. The molecule has 0 spiro atoms. The number of methoxy groups -OCH3 is 2. The van der Waals surface area contributed by atoms with Gasteiger partial charge in [0.15, 0.2) is 0 Å². The molecule has 1 saturated heterocycles. The van der Waals surface area contributed by atoms with Gasteiger partial charge in [-0.05, 0) is 68.3 Å². The number of nitrogens with one attached hydrogen (secondary N) is 1. The number of aryl methyl sites for hydroxylation is 1. The van der Waals surface area contributed by atoms with Gasteiger partial charge in [0.25, 0.3) is 0 Å². The second-order valence-electron chi connectivity index (χ2n) is 9.09. The molecule has 0 unspecified atom stereocenters. The van der Waals surface area contributed by atoms with Gasteiger partial charge in [0, 0.05) is 61.8 Å². The van der Waals surface area contributed by atoms with Crippen LogP contribution in [0, 0.1) is 6.92 Å². The zero-order chi connectivity index (χ0) is 25.5. The van der Waals surface area contributed by atoms with E-state index in [9.17, 15) is 9.59 Å². The third-order valence-electron chi connectivity index (χ3n) is 6.88. The minimum atomic E-state index is -0.394. The molecule has 8 nitrogen and oxygen atoms in total. The van der Waals surface area contributed by atoms with Gasteiger partial charge in [-0.3, -0.25) is 9.69 Å². The van der Waals surface area contributed by atoms with E-state index in [0.29, 0.717) is 29.9 Å². The lowest BCUT2D eigenvalue weighted by Gasteiger charge is -2.36. The number of ether oxygens (including phenoxy) is 2. The molecule has 2 heterocycles. The summed E-state index contributed by atoms with van der Waals surface area (Å²) in [5.74, 6) is 1.46. The summed E-state index contributed by atoms with van der Waals surface area (Å²) in [5.41, 5.74) is 2.73. The highest BCUT2D eigenvalue weighted by Gasteiger charge is 2.17. The van der Waals surface area contributed by atoms with Crippen molar-refractivity contribution in [1.29, 1.82) is 0 Å². The van der Waals surface area contributed by atoms with E-state index in [-0.39, 0.29) is 12.3 Å². The smallest absolute Gasteiger partial charge is 0.339 e. The van der Waals surface area contributed by atoms with Crippen LogP contribution in [-0.4, -0.2) is 64.3 Å². The first-order valence-corrected chi connectivity index (χ1v) is 12.5. The van der Waals surface area contributed by atoms with E-state index in [1.807, 2.05) is 31.2 Å². The van der Waals surface area contributed by atoms with Crippen molar-refractivity contribution in [3.8, 4) is 11.5 Å². The van der Waals surface area contributed by atoms with Crippen molar-refractivity contribution in [2.45, 2.75) is 26.2 Å². The van der Waals surface area contributed by atoms with Crippen LogP contribution in [0.2, 0.25) is 0 Å². The van der Waals surface area contributed by atoms with Crippen LogP contribution in [-0.2, 0) is 11.2 Å². The molecule has 1 amide bonds. The predicted molar refractivity (Wildman–Crippen MR) is 141 cm³/mol. The van der Waals surface area contributed by atoms with Crippen LogP contribution in [0.5, 0.6) is 11.5 Å². The molecule has 1 N–H and O–H groups in total. The van der Waals surface area contributed by atoms with Gasteiger partial charge in [-0.2, -0.15) is 0 Å². The highest BCUT2D eigenvalue weighted by Crippen LogP contribution is 2.24. The minimum absolute atomic E-state index is 0.0482. The van der Waals surface area contributed by atoms with Crippen molar-refractivity contribution in [2.75, 3.05) is 58.4 Å². The van der Waals surface area contributed by atoms with Crippen molar-refractivity contribution in [1.82, 2.24) is 10.2 Å². The van der Waals surface area contributed by atoms with Gasteiger partial charge in [-0.1, -0.05) is 0 Å². The second kappa shape index (κ2) is 11.9. The van der Waals surface area contributed by atoms with Crippen LogP contribution in [0.1, 0.15) is 24.0 Å². The summed E-state index contributed by atoms with van der Waals surface area (Å²) in [4.78, 5) is 29.7. The zero-order valence-corrected chi connectivity index (χ0v) is 21.3. The van der Waals surface area contributed by atoms with Crippen LogP contribution in [0.3, 0.4) is 0 Å². The molecule has 0 bridgehead atoms. The number of nitrogens with zero attached hydrogens (tertiary/aromatic N) is 2. The average molecular weight is 494 g/mol. The topological polar surface area (TPSA) is 84.2 Å². The molecule has 192 valence electrons. The Morgan fingerprint density at radius 3 is 2.39 bits per heavy atom. The first kappa shape index (κ1) is 25.6. The number of rotatable bonds is 10. The Bertz CT molecular complexity index is 1230. The highest BCUT2D eigenvalue weighted by molar-refractivity contribution is 5.82. The minimum Gasteiger partial charge on any atom is -0.497 e. The molecule has 0 radical (unpaired) electrons. The fraction of sp³-hybridized carbons (Fsp3) is 0.429. The van der Waals surface area contributed by atoms with Crippen molar-refractivity contribution in [3.05, 3.63) is 64.0 Å². The number of hydrogen-bond acceptors (Lipinski definition) is 7. The average Bonchev–Trinajstić information content (AvgIpc) is 2.91. The molecule has 1 aliphatic heterocycles. The fourth-order valence-electron chi connectivity index (χ4n) is 4.67. The van der Waals surface area contributed by atoms with E-state index in [1.54, 1.807) is 20.3 Å². The molecule has 4 rings (SSSR count). The summed E-state index contributed by atoms with van der Waals surface area (Å²) in [6.45, 7) is 7.45. The Labute approximate surface area is 211 Å². The van der Waals surface area contributed by atoms with Gasteiger partial charge < -0.3 is 24.1 Å². The van der Waals surface area contributed by atoms with E-state index in [4.69, 9.17) is 13.9 Å². The molecule has 0 atom stereocenters. The van der Waals surface area contributed by atoms with Gasteiger partial charge in [0.05, 0.1) is 14.2 Å². The summed E-state index contributed by atoms with van der Waals surface area (Å²) < 4.78 is 15.9. The van der Waals surface area contributed by atoms with Crippen molar-refractivity contribution >= 4 is 22.6 Å². The fourth-order valence-corrected chi connectivity index (χ4v) is 4.67. The third-order valence-corrected chi connectivity index (χ3v) is 6.88. The number of carbonyl (C=O) groups excluding carboxylic acids is 1. The molecule has 0 saturated carbocycles. The summed E-state index contributed by atoms with van der Waals surface area (Å²) in [7, 11) is 3.25. The van der Waals surface area contributed by atoms with Crippen LogP contribution in [0.4, 0.5) is 5.69 Å². The summed E-state index contributed by atoms with van der Waals surface area (Å²) >= 11 is 0. The summed E-state index contributed by atoms with van der Waals surface area (Å²) in [6.07, 6.45) is 1.51. The number of benzene rings is 2. The number of hydrogen-bond donors (Lipinski definition) is 1. The quantitative estimate of drug-likeness (QED) is 0.342. The van der Waals surface area contributed by atoms with E-state index in [1.165, 1.54) is 5.69 Å². The Morgan fingerprint density at radius 2 is 1.69 bits per heavy atom. The zero-order valence-electron chi connectivity index (χ0n) is 21.3. The largest absolute Gasteiger partial charge is 0.497 e. The molecule has 0 aliphatic carbocycles. The molecule has 1 fully saturated rings. The van der Waals surface area contributed by atoms with Gasteiger partial charge >= 0.3 is 5.63 Å². The number of piperazine rings is 1. The maximum absolute atomic E-state index is 12.5. The standard InChI is InChI=1S/C28H35N3O5/c1-20-24-10-9-23(35-3)19-26(24)36-28(33)25(20)11-12-27(32)29-13-4-14-30-15-17-31(18-16-30)21-5-7-22(34-2)8-6-21/h5-10,19H,4,11-18H2,1-3H3,(H,29,32). The Balaban J connectivity index is 1.17. The van der Waals surface area contributed by atoms with Crippen LogP contribution in [0.25, 0.3) is 11.0 Å². The van der Waals surface area contributed by atoms with Gasteiger partial charge in [-0.15, -0.1) is 0 Å². The van der Waals surface area contributed by atoms with E-state index in [2.05, 4.69) is 27.2 Å². The molecule has 2 aromatic carbocycles. The lowest BCUT2D eigenvalue weighted by molar-refractivity contribution is -0.121. The number of carbonyl (C=O) groups is 1. The Kier molecular flexibility index (Phi) is 8.48. The van der Waals surface area contributed by atoms with Crippen molar-refractivity contribution in [3.63, 3.8) is 0 Å². The lowest BCUT2D eigenvalue weighted by Crippen LogP contribution is -2.47. The monoisotopic (exact) mass is 493 g/mol. The molecule has 8 heteroatoms. The van der Waals surface area contributed by atoms with Crippen LogP contribution >= 0.6 is 0 Å². The highest BCUT2D eigenvalue weighted by atomic mass is 16.5. The predicted octanol–water partition coefficient (Wildman–Crippen LogP) is 3.38. The van der Waals surface area contributed by atoms with Gasteiger partial charge in [0.1, 0.15) is 17.1 Å². The molecule has 1 aliphatic rings. The SMILES string of the molecule is COc1ccc(N2CCN(CCCNC(=O)CCc3c(C)c4ccc(OC)cc4oc3=O)CC2)cc1. The lowest BCUT2D eigenvalue weighted by atomic mass is 10.0. The normalized spacial score (nSPS) is 14.1. The third kappa shape index (κ3) is 6.18. The second-order valence-corrected chi connectivity index (χ2v) is 9.09. The number of fused-ring (bicyclic) bond motifs is 1. The van der Waals surface area contributed by atoms with E-state index in [0.717, 1.165) is 55.8 Å². The number of anilines is 1. The number of amides is 1. The first-order chi connectivity index (χ1) is 17.5. The molecule has 36 heavy (non-hydrogen) atoms. The molecule has 1 aromatic heterocycles. The maximum atomic E-state index is 12.5. The molecular formula is C28H35N3O5. The van der Waals surface area contributed by atoms with Crippen LogP contribution in [0.15, 0.2) is 51.7 Å². The van der Waals surface area contributed by atoms with Crippen molar-refractivity contribution < 1.29 is 18.7 Å². The summed E-state index contributed by atoms with van der Waals surface area (Å²) in [5, 5.41) is 3.85. The van der Waals surface area contributed by atoms with Gasteiger partial charge in [0.2, 0.25) is 5.91 Å². The van der Waals surface area contributed by atoms with Gasteiger partial charge in [-0.25, -0.2) is 4.79 Å². The summed E-state index contributed by atoms with van der Waals surface area (Å²) in [6, 6.07) is 13.6. The molecule has 3 aromatic rings. The maximum Gasteiger partial charge on any atom is 0.339 e.